The number of alkyl halides is 3. The average molecular weight is 304 g/mol. The molecule has 7 heteroatoms. The van der Waals surface area contributed by atoms with Crippen LogP contribution in [0.3, 0.4) is 0 Å². The topological polar surface area (TPSA) is 55.1 Å². The zero-order valence-corrected chi connectivity index (χ0v) is 11.2. The molecule has 2 atom stereocenters. The molecule has 116 valence electrons. The maximum atomic E-state index is 13.5. The number of hydrogen-bond donors (Lipinski definition) is 2. The van der Waals surface area contributed by atoms with Crippen molar-refractivity contribution in [1.82, 2.24) is 0 Å². The molecule has 1 aliphatic carbocycles. The van der Waals surface area contributed by atoms with Crippen molar-refractivity contribution in [3.63, 3.8) is 0 Å². The van der Waals surface area contributed by atoms with Gasteiger partial charge in [-0.3, -0.25) is 4.79 Å². The Morgan fingerprint density at radius 3 is 2.57 bits per heavy atom. The van der Waals surface area contributed by atoms with Crippen LogP contribution in [0.2, 0.25) is 0 Å². The van der Waals surface area contributed by atoms with Gasteiger partial charge in [0, 0.05) is 11.6 Å². The van der Waals surface area contributed by atoms with Crippen LogP contribution in [0.15, 0.2) is 18.2 Å². The van der Waals surface area contributed by atoms with E-state index in [-0.39, 0.29) is 24.2 Å². The van der Waals surface area contributed by atoms with Crippen molar-refractivity contribution in [2.24, 2.45) is 11.8 Å². The number of nitrogens with one attached hydrogen (secondary N) is 1. The van der Waals surface area contributed by atoms with E-state index >= 15 is 0 Å². The summed E-state index contributed by atoms with van der Waals surface area (Å²) in [6, 6.07) is 3.57. The lowest BCUT2D eigenvalue weighted by Crippen LogP contribution is -2.39. The number of carbonyl (C=O) groups is 1. The molecule has 1 amide bonds. The van der Waals surface area contributed by atoms with E-state index in [1.54, 1.807) is 0 Å². The molecule has 1 aromatic rings. The van der Waals surface area contributed by atoms with E-state index in [0.29, 0.717) is 12.8 Å². The summed E-state index contributed by atoms with van der Waals surface area (Å²) in [5.41, 5.74) is 5.52. The van der Waals surface area contributed by atoms with Gasteiger partial charge in [0.2, 0.25) is 5.91 Å². The SMILES string of the molecule is Nc1ccc(F)c(NC(=O)C2CCCCC2C(F)(F)F)c1. The van der Waals surface area contributed by atoms with E-state index in [0.717, 1.165) is 6.07 Å². The molecule has 0 aromatic heterocycles. The highest BCUT2D eigenvalue weighted by Gasteiger charge is 2.48. The summed E-state index contributed by atoms with van der Waals surface area (Å²) in [5, 5.41) is 2.23. The van der Waals surface area contributed by atoms with E-state index in [9.17, 15) is 22.4 Å². The summed E-state index contributed by atoms with van der Waals surface area (Å²) in [7, 11) is 0. The number of nitrogen functional groups attached to an aromatic ring is 1. The van der Waals surface area contributed by atoms with Gasteiger partial charge in [0.1, 0.15) is 5.82 Å². The molecule has 0 aliphatic heterocycles. The lowest BCUT2D eigenvalue weighted by atomic mass is 9.78. The van der Waals surface area contributed by atoms with E-state index in [4.69, 9.17) is 5.73 Å². The summed E-state index contributed by atoms with van der Waals surface area (Å²) in [6.45, 7) is 0. The third-order valence-electron chi connectivity index (χ3n) is 3.77. The first-order chi connectivity index (χ1) is 9.79. The minimum Gasteiger partial charge on any atom is -0.399 e. The molecule has 3 nitrogen and oxygen atoms in total. The van der Waals surface area contributed by atoms with E-state index in [2.05, 4.69) is 5.32 Å². The molecule has 1 aliphatic rings. The predicted octanol–water partition coefficient (Wildman–Crippen LogP) is 3.72. The summed E-state index contributed by atoms with van der Waals surface area (Å²) in [6.07, 6.45) is -3.33. The highest BCUT2D eigenvalue weighted by Crippen LogP contribution is 2.42. The van der Waals surface area contributed by atoms with Crippen molar-refractivity contribution >= 4 is 17.3 Å². The van der Waals surface area contributed by atoms with Gasteiger partial charge in [-0.2, -0.15) is 13.2 Å². The Kier molecular flexibility index (Phi) is 4.39. The van der Waals surface area contributed by atoms with Crippen molar-refractivity contribution in [2.75, 3.05) is 11.1 Å². The predicted molar refractivity (Wildman–Crippen MR) is 70.9 cm³/mol. The zero-order chi connectivity index (χ0) is 15.6. The van der Waals surface area contributed by atoms with Gasteiger partial charge in [0.15, 0.2) is 0 Å². The zero-order valence-electron chi connectivity index (χ0n) is 11.2. The Balaban J connectivity index is 2.16. The number of halogens is 4. The average Bonchev–Trinajstić information content (AvgIpc) is 2.42. The number of carbonyl (C=O) groups excluding carboxylic acids is 1. The van der Waals surface area contributed by atoms with Crippen LogP contribution in [0, 0.1) is 17.7 Å². The molecule has 3 N–H and O–H groups in total. The van der Waals surface area contributed by atoms with Crippen molar-refractivity contribution in [3.8, 4) is 0 Å². The minimum absolute atomic E-state index is 0.0685. The molecule has 0 heterocycles. The Bertz CT molecular complexity index is 530. The molecule has 2 rings (SSSR count). The van der Waals surface area contributed by atoms with Crippen LogP contribution in [0.5, 0.6) is 0 Å². The summed E-state index contributed by atoms with van der Waals surface area (Å²) >= 11 is 0. The van der Waals surface area contributed by atoms with Crippen LogP contribution >= 0.6 is 0 Å². The lowest BCUT2D eigenvalue weighted by molar-refractivity contribution is -0.197. The Labute approximate surface area is 119 Å². The Morgan fingerprint density at radius 1 is 1.24 bits per heavy atom. The highest BCUT2D eigenvalue weighted by atomic mass is 19.4. The summed E-state index contributed by atoms with van der Waals surface area (Å²) in [4.78, 5) is 12.1. The van der Waals surface area contributed by atoms with Crippen LogP contribution in [-0.2, 0) is 4.79 Å². The number of hydrogen-bond acceptors (Lipinski definition) is 2. The molecule has 0 spiro atoms. The van der Waals surface area contributed by atoms with Crippen LogP contribution in [0.1, 0.15) is 25.7 Å². The van der Waals surface area contributed by atoms with Gasteiger partial charge in [-0.15, -0.1) is 0 Å². The first kappa shape index (κ1) is 15.6. The standard InChI is InChI=1S/C14H16F4N2O/c15-11-6-5-8(19)7-12(11)20-13(21)9-3-1-2-4-10(9)14(16,17)18/h5-7,9-10H,1-4,19H2,(H,20,21). The molecule has 0 saturated heterocycles. The molecule has 1 fully saturated rings. The van der Waals surface area contributed by atoms with Gasteiger partial charge in [-0.05, 0) is 31.0 Å². The second-order valence-electron chi connectivity index (χ2n) is 5.27. The summed E-state index contributed by atoms with van der Waals surface area (Å²) in [5.74, 6) is -4.38. The molecular formula is C14H16F4N2O. The largest absolute Gasteiger partial charge is 0.399 e. The normalized spacial score (nSPS) is 22.9. The van der Waals surface area contributed by atoms with E-state index < -0.39 is 29.7 Å². The second-order valence-corrected chi connectivity index (χ2v) is 5.27. The van der Waals surface area contributed by atoms with Crippen LogP contribution in [0.4, 0.5) is 28.9 Å². The van der Waals surface area contributed by atoms with Crippen LogP contribution in [-0.4, -0.2) is 12.1 Å². The van der Waals surface area contributed by atoms with E-state index in [1.165, 1.54) is 12.1 Å². The third-order valence-corrected chi connectivity index (χ3v) is 3.77. The van der Waals surface area contributed by atoms with Gasteiger partial charge in [-0.1, -0.05) is 12.8 Å². The van der Waals surface area contributed by atoms with Crippen molar-refractivity contribution < 1.29 is 22.4 Å². The molecule has 1 aromatic carbocycles. The Hall–Kier alpha value is -1.79. The molecule has 21 heavy (non-hydrogen) atoms. The van der Waals surface area contributed by atoms with E-state index in [1.807, 2.05) is 0 Å². The molecule has 2 unspecified atom stereocenters. The van der Waals surface area contributed by atoms with Crippen molar-refractivity contribution in [1.29, 1.82) is 0 Å². The fourth-order valence-corrected chi connectivity index (χ4v) is 2.70. The third kappa shape index (κ3) is 3.65. The van der Waals surface area contributed by atoms with Gasteiger partial charge >= 0.3 is 6.18 Å². The van der Waals surface area contributed by atoms with Crippen molar-refractivity contribution in [2.45, 2.75) is 31.9 Å². The minimum atomic E-state index is -4.42. The number of rotatable bonds is 2. The molecule has 0 bridgehead atoms. The lowest BCUT2D eigenvalue weighted by Gasteiger charge is -2.32. The fraction of sp³-hybridized carbons (Fsp3) is 0.500. The molecule has 0 radical (unpaired) electrons. The van der Waals surface area contributed by atoms with Gasteiger partial charge in [0.05, 0.1) is 11.6 Å². The maximum absolute atomic E-state index is 13.5. The quantitative estimate of drug-likeness (QED) is 0.646. The number of benzene rings is 1. The number of nitrogens with two attached hydrogens (primary N) is 1. The van der Waals surface area contributed by atoms with Gasteiger partial charge in [-0.25, -0.2) is 4.39 Å². The fourth-order valence-electron chi connectivity index (χ4n) is 2.70. The van der Waals surface area contributed by atoms with Crippen molar-refractivity contribution in [3.05, 3.63) is 24.0 Å². The summed E-state index contributed by atoms with van der Waals surface area (Å²) < 4.78 is 52.4. The number of amides is 1. The molecular weight excluding hydrogens is 288 g/mol. The van der Waals surface area contributed by atoms with Gasteiger partial charge in [0.25, 0.3) is 0 Å². The molecule has 1 saturated carbocycles. The highest BCUT2D eigenvalue weighted by molar-refractivity contribution is 5.93. The first-order valence-corrected chi connectivity index (χ1v) is 6.71. The maximum Gasteiger partial charge on any atom is 0.392 e. The second kappa shape index (κ2) is 5.91. The van der Waals surface area contributed by atoms with Crippen LogP contribution in [0.25, 0.3) is 0 Å². The van der Waals surface area contributed by atoms with Gasteiger partial charge < -0.3 is 11.1 Å². The van der Waals surface area contributed by atoms with Crippen LogP contribution < -0.4 is 11.1 Å². The number of anilines is 2. The Morgan fingerprint density at radius 2 is 1.90 bits per heavy atom. The monoisotopic (exact) mass is 304 g/mol. The smallest absolute Gasteiger partial charge is 0.392 e. The first-order valence-electron chi connectivity index (χ1n) is 6.71.